The topological polar surface area (TPSA) is 95.7 Å². The molecule has 0 fully saturated rings. The largest absolute Gasteiger partial charge is 0.391 e. The average Bonchev–Trinajstić information content (AvgIpc) is 2.94. The van der Waals surface area contributed by atoms with Crippen molar-refractivity contribution in [2.75, 3.05) is 19.6 Å². The molecule has 0 aromatic heterocycles. The van der Waals surface area contributed by atoms with Crippen LogP contribution in [0.5, 0.6) is 0 Å². The van der Waals surface area contributed by atoms with Gasteiger partial charge in [0.25, 0.3) is 5.91 Å². The van der Waals surface area contributed by atoms with Gasteiger partial charge in [-0.1, -0.05) is 80.6 Å². The first-order valence-corrected chi connectivity index (χ1v) is 13.6. The van der Waals surface area contributed by atoms with Crippen molar-refractivity contribution in [1.29, 1.82) is 0 Å². The summed E-state index contributed by atoms with van der Waals surface area (Å²) in [6.45, 7) is 7.65. The van der Waals surface area contributed by atoms with Gasteiger partial charge in [0.2, 0.25) is 5.91 Å². The summed E-state index contributed by atoms with van der Waals surface area (Å²) >= 11 is 0. The predicted octanol–water partition coefficient (Wildman–Crippen LogP) is 5.09. The lowest BCUT2D eigenvalue weighted by Gasteiger charge is -2.30. The molecular weight excluding hydrogens is 474 g/mol. The van der Waals surface area contributed by atoms with Crippen LogP contribution in [0, 0.1) is 0 Å². The fourth-order valence-corrected chi connectivity index (χ4v) is 4.99. The lowest BCUT2D eigenvalue weighted by atomic mass is 9.81. The van der Waals surface area contributed by atoms with Gasteiger partial charge in [-0.2, -0.15) is 0 Å². The third kappa shape index (κ3) is 7.53. The van der Waals surface area contributed by atoms with Crippen LogP contribution in [0.25, 0.3) is 0 Å². The van der Waals surface area contributed by atoms with Gasteiger partial charge in [0.05, 0.1) is 6.10 Å². The van der Waals surface area contributed by atoms with E-state index in [0.29, 0.717) is 30.6 Å². The molecule has 6 nitrogen and oxygen atoms in total. The van der Waals surface area contributed by atoms with Gasteiger partial charge in [-0.3, -0.25) is 9.59 Å². The highest BCUT2D eigenvalue weighted by Gasteiger charge is 2.31. The third-order valence-electron chi connectivity index (χ3n) is 6.94. The number of hydrogen-bond acceptors (Lipinski definition) is 4. The number of hydrogen-bond donors (Lipinski definition) is 3. The van der Waals surface area contributed by atoms with E-state index in [2.05, 4.69) is 5.32 Å². The fraction of sp³-hybridized carbons (Fsp3) is 0.375. The Balaban J connectivity index is 2.04. The summed E-state index contributed by atoms with van der Waals surface area (Å²) in [7, 11) is 0. The second-order valence-electron chi connectivity index (χ2n) is 9.83. The van der Waals surface area contributed by atoms with Crippen molar-refractivity contribution in [3.63, 3.8) is 0 Å². The van der Waals surface area contributed by atoms with Crippen LogP contribution in [0.4, 0.5) is 0 Å². The second kappa shape index (κ2) is 14.5. The van der Waals surface area contributed by atoms with Crippen LogP contribution in [0.2, 0.25) is 0 Å². The molecule has 38 heavy (non-hydrogen) atoms. The van der Waals surface area contributed by atoms with Gasteiger partial charge in [-0.15, -0.1) is 0 Å². The lowest BCUT2D eigenvalue weighted by Crippen LogP contribution is -2.38. The van der Waals surface area contributed by atoms with E-state index < -0.39 is 17.9 Å². The predicted molar refractivity (Wildman–Crippen MR) is 153 cm³/mol. The number of aliphatic hydroxyl groups excluding tert-OH is 1. The standard InChI is InChI=1S/C32H41N3O3/c1-4-19-35(20-5-2)32(38)27-18-12-17-26(31(33)37)30(27)28(21-24-13-8-6-9-14-24)29(36)22-34-23(3)25-15-10-7-11-16-25/h6-18,23,28-29,34,36H,4-5,19-22H2,1-3H3,(H2,33,37)/t23-,28+,29-/m0/s1. The van der Waals surface area contributed by atoms with Crippen LogP contribution in [0.15, 0.2) is 78.9 Å². The Morgan fingerprint density at radius 1 is 0.868 bits per heavy atom. The van der Waals surface area contributed by atoms with Crippen LogP contribution in [0.1, 0.15) is 83.0 Å². The second-order valence-corrected chi connectivity index (χ2v) is 9.83. The van der Waals surface area contributed by atoms with Gasteiger partial charge in [-0.05, 0) is 55.0 Å². The van der Waals surface area contributed by atoms with Gasteiger partial charge >= 0.3 is 0 Å². The Bertz CT molecular complexity index is 1160. The van der Waals surface area contributed by atoms with Crippen molar-refractivity contribution in [2.45, 2.75) is 58.1 Å². The number of nitrogens with zero attached hydrogens (tertiary/aromatic N) is 1. The molecule has 0 saturated carbocycles. The molecule has 0 saturated heterocycles. The van der Waals surface area contributed by atoms with Gasteiger partial charge < -0.3 is 21.1 Å². The molecule has 3 aromatic rings. The molecule has 6 heteroatoms. The molecule has 4 N–H and O–H groups in total. The molecule has 0 aliphatic carbocycles. The third-order valence-corrected chi connectivity index (χ3v) is 6.94. The first-order valence-electron chi connectivity index (χ1n) is 13.6. The highest BCUT2D eigenvalue weighted by atomic mass is 16.3. The maximum atomic E-state index is 13.8. The Kier molecular flexibility index (Phi) is 11.1. The highest BCUT2D eigenvalue weighted by Crippen LogP contribution is 2.32. The Labute approximate surface area is 226 Å². The van der Waals surface area contributed by atoms with Crippen molar-refractivity contribution in [1.82, 2.24) is 10.2 Å². The minimum Gasteiger partial charge on any atom is -0.391 e. The number of amides is 2. The first kappa shape index (κ1) is 29.1. The molecule has 3 aromatic carbocycles. The quantitative estimate of drug-likeness (QED) is 0.279. The van der Waals surface area contributed by atoms with Crippen molar-refractivity contribution >= 4 is 11.8 Å². The van der Waals surface area contributed by atoms with Crippen molar-refractivity contribution in [3.8, 4) is 0 Å². The number of aliphatic hydroxyl groups is 1. The normalized spacial score (nSPS) is 13.5. The minimum atomic E-state index is -0.876. The zero-order valence-corrected chi connectivity index (χ0v) is 22.8. The van der Waals surface area contributed by atoms with Gasteiger partial charge in [0, 0.05) is 42.7 Å². The zero-order valence-electron chi connectivity index (χ0n) is 22.8. The number of nitrogens with one attached hydrogen (secondary N) is 1. The molecule has 0 radical (unpaired) electrons. The van der Waals surface area contributed by atoms with Crippen LogP contribution in [0.3, 0.4) is 0 Å². The van der Waals surface area contributed by atoms with Gasteiger partial charge in [0.1, 0.15) is 0 Å². The Morgan fingerprint density at radius 3 is 2.03 bits per heavy atom. The van der Waals surface area contributed by atoms with Crippen molar-refractivity contribution < 1.29 is 14.7 Å². The number of carbonyl (C=O) groups excluding carboxylic acids is 2. The van der Waals surface area contributed by atoms with Gasteiger partial charge in [0.15, 0.2) is 0 Å². The summed E-state index contributed by atoms with van der Waals surface area (Å²) < 4.78 is 0. The SMILES string of the molecule is CCCN(CCC)C(=O)c1cccc(C(N)=O)c1[C@H](Cc1ccccc1)[C@@H](O)CN[C@@H](C)c1ccccc1. The maximum Gasteiger partial charge on any atom is 0.254 e. The van der Waals surface area contributed by atoms with E-state index in [-0.39, 0.29) is 24.1 Å². The number of carbonyl (C=O) groups is 2. The Hall–Kier alpha value is -3.48. The molecule has 0 heterocycles. The molecule has 0 spiro atoms. The summed E-state index contributed by atoms with van der Waals surface area (Å²) in [4.78, 5) is 28.3. The van der Waals surface area contributed by atoms with Gasteiger partial charge in [-0.25, -0.2) is 0 Å². The number of primary amides is 1. The maximum absolute atomic E-state index is 13.8. The van der Waals surface area contributed by atoms with Crippen LogP contribution in [-0.4, -0.2) is 47.6 Å². The molecule has 0 aliphatic rings. The Morgan fingerprint density at radius 2 is 1.45 bits per heavy atom. The number of nitrogens with two attached hydrogens (primary N) is 1. The number of rotatable bonds is 14. The van der Waals surface area contributed by atoms with E-state index in [1.165, 1.54) is 0 Å². The van der Waals surface area contributed by atoms with E-state index in [1.54, 1.807) is 18.2 Å². The van der Waals surface area contributed by atoms with Crippen LogP contribution in [-0.2, 0) is 6.42 Å². The van der Waals surface area contributed by atoms with E-state index in [9.17, 15) is 14.7 Å². The minimum absolute atomic E-state index is 0.0142. The van der Waals surface area contributed by atoms with E-state index in [0.717, 1.165) is 24.0 Å². The van der Waals surface area contributed by atoms with E-state index in [4.69, 9.17) is 5.73 Å². The number of benzene rings is 3. The molecule has 3 rings (SSSR count). The lowest BCUT2D eigenvalue weighted by molar-refractivity contribution is 0.0751. The van der Waals surface area contributed by atoms with E-state index >= 15 is 0 Å². The molecular formula is C32H41N3O3. The summed E-state index contributed by atoms with van der Waals surface area (Å²) in [5.74, 6) is -1.27. The summed E-state index contributed by atoms with van der Waals surface area (Å²) in [5, 5.41) is 15.1. The van der Waals surface area contributed by atoms with E-state index in [1.807, 2.05) is 86.3 Å². The highest BCUT2D eigenvalue weighted by molar-refractivity contribution is 6.02. The molecule has 202 valence electrons. The smallest absolute Gasteiger partial charge is 0.254 e. The summed E-state index contributed by atoms with van der Waals surface area (Å²) in [5.41, 5.74) is 9.19. The molecule has 3 atom stereocenters. The van der Waals surface area contributed by atoms with Crippen molar-refractivity contribution in [2.24, 2.45) is 5.73 Å². The zero-order chi connectivity index (χ0) is 27.5. The average molecular weight is 516 g/mol. The molecule has 2 amide bonds. The summed E-state index contributed by atoms with van der Waals surface area (Å²) in [6.07, 6.45) is 1.23. The van der Waals surface area contributed by atoms with Crippen LogP contribution >= 0.6 is 0 Å². The monoisotopic (exact) mass is 515 g/mol. The molecule has 0 unspecified atom stereocenters. The summed E-state index contributed by atoms with van der Waals surface area (Å²) in [6, 6.07) is 25.0. The van der Waals surface area contributed by atoms with Crippen LogP contribution < -0.4 is 11.1 Å². The van der Waals surface area contributed by atoms with Crippen molar-refractivity contribution in [3.05, 3.63) is 107 Å². The first-order chi connectivity index (χ1) is 18.4. The molecule has 0 aliphatic heterocycles. The fourth-order valence-electron chi connectivity index (χ4n) is 4.99. The molecule has 0 bridgehead atoms.